The van der Waals surface area contributed by atoms with Crippen molar-refractivity contribution in [1.29, 1.82) is 0 Å². The van der Waals surface area contributed by atoms with Crippen LogP contribution in [0, 0.1) is 5.82 Å². The Kier molecular flexibility index (Phi) is 2.14. The number of hydrogen-bond acceptors (Lipinski definition) is 2. The Balaban J connectivity index is 3.23. The molecule has 0 spiro atoms. The summed E-state index contributed by atoms with van der Waals surface area (Å²) in [5.41, 5.74) is -0.350. The van der Waals surface area contributed by atoms with Crippen LogP contribution in [0.25, 0.3) is 0 Å². The van der Waals surface area contributed by atoms with E-state index in [9.17, 15) is 9.18 Å². The van der Waals surface area contributed by atoms with Crippen LogP contribution in [-0.2, 0) is 0 Å². The minimum atomic E-state index is -1.28. The molecule has 1 aromatic carbocycles. The van der Waals surface area contributed by atoms with Gasteiger partial charge in [-0.3, -0.25) is 0 Å². The Morgan fingerprint density at radius 1 is 1.55 bits per heavy atom. The molecule has 58 valence electrons. The van der Waals surface area contributed by atoms with Crippen molar-refractivity contribution in [3.05, 3.63) is 29.6 Å². The predicted octanol–water partition coefficient (Wildman–Crippen LogP) is 1.81. The minimum Gasteiger partial charge on any atom is -0.478 e. The first-order valence-corrected chi connectivity index (χ1v) is 3.28. The Hall–Kier alpha value is -1.03. The minimum absolute atomic E-state index is 0.350. The van der Waals surface area contributed by atoms with E-state index >= 15 is 0 Å². The van der Waals surface area contributed by atoms with Crippen molar-refractivity contribution in [1.82, 2.24) is 0 Å². The largest absolute Gasteiger partial charge is 0.478 e. The van der Waals surface area contributed by atoms with Crippen molar-refractivity contribution in [2.75, 3.05) is 0 Å². The maximum atomic E-state index is 12.6. The van der Waals surface area contributed by atoms with E-state index in [1.54, 1.807) is 0 Å². The van der Waals surface area contributed by atoms with Gasteiger partial charge in [-0.25, -0.2) is 9.18 Å². The van der Waals surface area contributed by atoms with Gasteiger partial charge >= 0.3 is 5.97 Å². The summed E-state index contributed by atoms with van der Waals surface area (Å²) in [6.45, 7) is 0. The van der Waals surface area contributed by atoms with Crippen LogP contribution in [0.15, 0.2) is 23.1 Å². The van der Waals surface area contributed by atoms with Gasteiger partial charge in [-0.1, -0.05) is 0 Å². The normalized spacial score (nSPS) is 9.64. The molecule has 0 aliphatic rings. The average molecular weight is 172 g/mol. The Labute approximate surface area is 68.1 Å². The van der Waals surface area contributed by atoms with Crippen LogP contribution in [-0.4, -0.2) is 11.1 Å². The number of carboxylic acid groups (broad SMARTS) is 1. The summed E-state index contributed by atoms with van der Waals surface area (Å²) in [5.74, 6) is -2.02. The van der Waals surface area contributed by atoms with E-state index in [4.69, 9.17) is 5.11 Å². The predicted molar refractivity (Wildman–Crippen MR) is 40.6 cm³/mol. The Bertz CT molecular complexity index is 298. The van der Waals surface area contributed by atoms with Crippen LogP contribution < -0.4 is 0 Å². The lowest BCUT2D eigenvalue weighted by molar-refractivity contribution is 0.0691. The van der Waals surface area contributed by atoms with Crippen LogP contribution in [0.4, 0.5) is 4.39 Å². The quantitative estimate of drug-likeness (QED) is 0.634. The topological polar surface area (TPSA) is 37.3 Å². The maximum Gasteiger partial charge on any atom is 0.338 e. The molecule has 0 aliphatic heterocycles. The Morgan fingerprint density at radius 2 is 2.18 bits per heavy atom. The molecule has 1 N–H and O–H groups in total. The highest BCUT2D eigenvalue weighted by Crippen LogP contribution is 2.12. The van der Waals surface area contributed by atoms with Crippen LogP contribution in [0.5, 0.6) is 0 Å². The first-order valence-electron chi connectivity index (χ1n) is 2.83. The van der Waals surface area contributed by atoms with Crippen molar-refractivity contribution in [2.45, 2.75) is 4.90 Å². The molecule has 1 aromatic rings. The first-order chi connectivity index (χ1) is 5.11. The molecule has 0 atom stereocenters. The third kappa shape index (κ3) is 1.71. The first kappa shape index (κ1) is 8.07. The van der Waals surface area contributed by atoms with Crippen LogP contribution in [0.2, 0.25) is 0 Å². The van der Waals surface area contributed by atoms with Gasteiger partial charge < -0.3 is 5.11 Å². The van der Waals surface area contributed by atoms with E-state index < -0.39 is 11.8 Å². The zero-order valence-corrected chi connectivity index (χ0v) is 6.31. The molecule has 4 heteroatoms. The van der Waals surface area contributed by atoms with Gasteiger partial charge in [0.1, 0.15) is 5.82 Å². The lowest BCUT2D eigenvalue weighted by Gasteiger charge is -1.96. The molecule has 2 nitrogen and oxygen atoms in total. The third-order valence-corrected chi connectivity index (χ3v) is 1.46. The molecule has 0 unspecified atom stereocenters. The number of carbonyl (C=O) groups is 1. The number of benzene rings is 1. The molecule has 0 saturated carbocycles. The van der Waals surface area contributed by atoms with Gasteiger partial charge in [0.2, 0.25) is 0 Å². The molecular formula is C7H5FO2S. The molecule has 0 aromatic heterocycles. The van der Waals surface area contributed by atoms with Crippen molar-refractivity contribution in [3.63, 3.8) is 0 Å². The zero-order chi connectivity index (χ0) is 8.43. The lowest BCUT2D eigenvalue weighted by Crippen LogP contribution is -1.99. The number of thiol groups is 1. The van der Waals surface area contributed by atoms with Crippen LogP contribution in [0.1, 0.15) is 10.4 Å². The Morgan fingerprint density at radius 3 is 2.64 bits per heavy atom. The molecule has 0 amide bonds. The smallest absolute Gasteiger partial charge is 0.338 e. The van der Waals surface area contributed by atoms with Gasteiger partial charge in [-0.05, 0) is 18.2 Å². The van der Waals surface area contributed by atoms with Gasteiger partial charge in [0.15, 0.2) is 0 Å². The summed E-state index contributed by atoms with van der Waals surface area (Å²) in [6, 6.07) is 3.64. The van der Waals surface area contributed by atoms with Crippen molar-refractivity contribution < 1.29 is 14.3 Å². The summed E-state index contributed by atoms with van der Waals surface area (Å²) in [4.78, 5) is 10.7. The van der Waals surface area contributed by atoms with Crippen molar-refractivity contribution >= 4 is 18.6 Å². The van der Waals surface area contributed by atoms with Gasteiger partial charge in [-0.15, -0.1) is 12.6 Å². The second-order valence-electron chi connectivity index (χ2n) is 1.97. The fraction of sp³-hybridized carbons (Fsp3) is 0. The van der Waals surface area contributed by atoms with Crippen molar-refractivity contribution in [3.8, 4) is 0 Å². The maximum absolute atomic E-state index is 12.6. The number of carboxylic acids is 1. The van der Waals surface area contributed by atoms with Crippen LogP contribution >= 0.6 is 12.6 Å². The van der Waals surface area contributed by atoms with Gasteiger partial charge in [0, 0.05) is 4.90 Å². The van der Waals surface area contributed by atoms with E-state index in [0.29, 0.717) is 4.90 Å². The van der Waals surface area contributed by atoms with Crippen LogP contribution in [0.3, 0.4) is 0 Å². The number of aromatic carboxylic acids is 1. The number of rotatable bonds is 1. The second-order valence-corrected chi connectivity index (χ2v) is 2.49. The van der Waals surface area contributed by atoms with E-state index in [0.717, 1.165) is 6.07 Å². The number of hydrogen-bond donors (Lipinski definition) is 2. The highest BCUT2D eigenvalue weighted by Gasteiger charge is 2.08. The van der Waals surface area contributed by atoms with E-state index in [-0.39, 0.29) is 5.56 Å². The summed E-state index contributed by atoms with van der Waals surface area (Å²) < 4.78 is 12.6. The highest BCUT2D eigenvalue weighted by atomic mass is 32.1. The standard InChI is InChI=1S/C7H5FO2S/c8-6-2-1-4(11)3-5(6)7(9)10/h1-3,11H,(H,9,10). The lowest BCUT2D eigenvalue weighted by atomic mass is 10.2. The SMILES string of the molecule is O=C(O)c1cc(S)ccc1F. The van der Waals surface area contributed by atoms with Crippen molar-refractivity contribution in [2.24, 2.45) is 0 Å². The van der Waals surface area contributed by atoms with E-state index in [1.165, 1.54) is 12.1 Å². The third-order valence-electron chi connectivity index (χ3n) is 1.18. The molecule has 1 rings (SSSR count). The van der Waals surface area contributed by atoms with E-state index in [1.807, 2.05) is 0 Å². The summed E-state index contributed by atoms with van der Waals surface area (Å²) in [5, 5.41) is 8.42. The monoisotopic (exact) mass is 172 g/mol. The van der Waals surface area contributed by atoms with Gasteiger partial charge in [0.05, 0.1) is 5.56 Å². The van der Waals surface area contributed by atoms with E-state index in [2.05, 4.69) is 12.6 Å². The fourth-order valence-electron chi connectivity index (χ4n) is 0.677. The highest BCUT2D eigenvalue weighted by molar-refractivity contribution is 7.80. The van der Waals surface area contributed by atoms with Gasteiger partial charge in [-0.2, -0.15) is 0 Å². The molecular weight excluding hydrogens is 167 g/mol. The average Bonchev–Trinajstić information content (AvgIpc) is 1.94. The molecule has 0 heterocycles. The molecule has 0 bridgehead atoms. The van der Waals surface area contributed by atoms with Gasteiger partial charge in [0.25, 0.3) is 0 Å². The second kappa shape index (κ2) is 2.92. The zero-order valence-electron chi connectivity index (χ0n) is 5.41. The molecule has 0 saturated heterocycles. The molecule has 0 radical (unpaired) electrons. The molecule has 11 heavy (non-hydrogen) atoms. The molecule has 0 aliphatic carbocycles. The molecule has 0 fully saturated rings. The number of halogens is 1. The summed E-state index contributed by atoms with van der Waals surface area (Å²) in [7, 11) is 0. The summed E-state index contributed by atoms with van der Waals surface area (Å²) >= 11 is 3.87. The summed E-state index contributed by atoms with van der Waals surface area (Å²) in [6.07, 6.45) is 0. The fourth-order valence-corrected chi connectivity index (χ4v) is 0.881.